The van der Waals surface area contributed by atoms with Gasteiger partial charge < -0.3 is 20.1 Å². The molecule has 9 heteroatoms. The summed E-state index contributed by atoms with van der Waals surface area (Å²) in [5.74, 6) is -0.604. The zero-order valence-electron chi connectivity index (χ0n) is 15.9. The van der Waals surface area contributed by atoms with Crippen molar-refractivity contribution >= 4 is 23.4 Å². The lowest BCUT2D eigenvalue weighted by Gasteiger charge is -2.33. The molecule has 0 radical (unpaired) electrons. The van der Waals surface area contributed by atoms with Gasteiger partial charge >= 0.3 is 0 Å². The number of carbonyl (C=O) groups excluding carboxylic acids is 2. The summed E-state index contributed by atoms with van der Waals surface area (Å²) in [6.45, 7) is 2.84. The number of aliphatic hydroxyl groups excluding tert-OH is 1. The van der Waals surface area contributed by atoms with Gasteiger partial charge in [0.05, 0.1) is 17.7 Å². The predicted octanol–water partition coefficient (Wildman–Crippen LogP) is 1.73. The maximum absolute atomic E-state index is 13.9. The molecule has 2 unspecified atom stereocenters. The average molecular weight is 414 g/mol. The van der Waals surface area contributed by atoms with Crippen LogP contribution in [0, 0.1) is 5.82 Å². The van der Waals surface area contributed by atoms with Gasteiger partial charge in [0.15, 0.2) is 17.9 Å². The van der Waals surface area contributed by atoms with Gasteiger partial charge in [-0.05, 0) is 49.8 Å². The van der Waals surface area contributed by atoms with Gasteiger partial charge in [-0.1, -0.05) is 11.6 Å². The van der Waals surface area contributed by atoms with Gasteiger partial charge in [0.2, 0.25) is 11.8 Å². The van der Waals surface area contributed by atoms with Gasteiger partial charge in [-0.3, -0.25) is 14.9 Å². The number of piperidine rings is 1. The maximum atomic E-state index is 13.9. The lowest BCUT2D eigenvalue weighted by atomic mass is 9.88. The molecule has 0 saturated carbocycles. The number of likely N-dealkylation sites (tertiary alicyclic amines) is 1. The Morgan fingerprint density at radius 3 is 2.68 bits per heavy atom. The Hall–Kier alpha value is -1.90. The molecule has 154 valence electrons. The predicted molar refractivity (Wildman–Crippen MR) is 101 cm³/mol. The van der Waals surface area contributed by atoms with E-state index in [1.165, 1.54) is 7.11 Å². The molecule has 2 aliphatic rings. The van der Waals surface area contributed by atoms with Gasteiger partial charge in [-0.15, -0.1) is 0 Å². The van der Waals surface area contributed by atoms with Crippen LogP contribution in [0.4, 0.5) is 4.39 Å². The van der Waals surface area contributed by atoms with E-state index in [1.807, 2.05) is 0 Å². The zero-order valence-corrected chi connectivity index (χ0v) is 16.7. The second-order valence-corrected chi connectivity index (χ2v) is 7.93. The summed E-state index contributed by atoms with van der Waals surface area (Å²) in [5.41, 5.74) is -0.0434. The van der Waals surface area contributed by atoms with Gasteiger partial charge in [0, 0.05) is 19.5 Å². The van der Waals surface area contributed by atoms with E-state index in [1.54, 1.807) is 24.0 Å². The molecule has 1 aromatic carbocycles. The van der Waals surface area contributed by atoms with Crippen molar-refractivity contribution in [3.63, 3.8) is 0 Å². The van der Waals surface area contributed by atoms with E-state index in [0.29, 0.717) is 19.5 Å². The summed E-state index contributed by atoms with van der Waals surface area (Å²) in [7, 11) is 1.40. The second kappa shape index (κ2) is 8.23. The van der Waals surface area contributed by atoms with Crippen molar-refractivity contribution in [2.45, 2.75) is 50.4 Å². The third-order valence-electron chi connectivity index (χ3n) is 5.62. The number of nitrogens with one attached hydrogen (secondary N) is 2. The van der Waals surface area contributed by atoms with E-state index >= 15 is 0 Å². The minimum absolute atomic E-state index is 0.0228. The number of benzene rings is 1. The molecule has 2 aliphatic heterocycles. The molecule has 28 heavy (non-hydrogen) atoms. The molecule has 3 rings (SSSR count). The number of hydrogen-bond donors (Lipinski definition) is 3. The fourth-order valence-corrected chi connectivity index (χ4v) is 4.04. The van der Waals surface area contributed by atoms with Crippen LogP contribution in [0.15, 0.2) is 12.1 Å². The minimum atomic E-state index is -1.08. The van der Waals surface area contributed by atoms with Crippen LogP contribution in [0.1, 0.15) is 44.1 Å². The standard InChI is InChI=1S/C19H25ClFN3O4/c1-19(17(26)22-18(27)23-19)6-3-15(25)24-7-4-11(5-8-24)12-9-13(20)16(21)14(10-12)28-2/h9-11,18,23,27H,3-8H2,1-2H3,(H,22,26). The summed E-state index contributed by atoms with van der Waals surface area (Å²) in [6.07, 6.45) is 0.920. The van der Waals surface area contributed by atoms with Gasteiger partial charge in [0.25, 0.3) is 0 Å². The number of methoxy groups -OCH3 is 1. The number of rotatable bonds is 5. The molecular formula is C19H25ClFN3O4. The Morgan fingerprint density at radius 1 is 1.43 bits per heavy atom. The molecule has 2 saturated heterocycles. The molecule has 0 bridgehead atoms. The molecule has 1 aromatic rings. The fraction of sp³-hybridized carbons (Fsp3) is 0.579. The highest BCUT2D eigenvalue weighted by Crippen LogP contribution is 2.35. The molecule has 2 amide bonds. The molecule has 0 aliphatic carbocycles. The molecule has 2 fully saturated rings. The number of ether oxygens (including phenoxy) is 1. The fourth-order valence-electron chi connectivity index (χ4n) is 3.82. The highest BCUT2D eigenvalue weighted by molar-refractivity contribution is 6.31. The Labute approximate surface area is 168 Å². The van der Waals surface area contributed by atoms with Crippen LogP contribution in [-0.4, -0.2) is 53.9 Å². The lowest BCUT2D eigenvalue weighted by molar-refractivity contribution is -0.133. The van der Waals surface area contributed by atoms with Crippen molar-refractivity contribution in [3.05, 3.63) is 28.5 Å². The number of nitrogens with zero attached hydrogens (tertiary/aromatic N) is 1. The Bertz CT molecular complexity index is 770. The highest BCUT2D eigenvalue weighted by atomic mass is 35.5. The van der Waals surface area contributed by atoms with E-state index < -0.39 is 17.7 Å². The number of hydrogen-bond acceptors (Lipinski definition) is 5. The van der Waals surface area contributed by atoms with Crippen LogP contribution in [-0.2, 0) is 9.59 Å². The van der Waals surface area contributed by atoms with E-state index in [4.69, 9.17) is 16.3 Å². The smallest absolute Gasteiger partial charge is 0.243 e. The third-order valence-corrected chi connectivity index (χ3v) is 5.89. The topological polar surface area (TPSA) is 90.9 Å². The summed E-state index contributed by atoms with van der Waals surface area (Å²) in [4.78, 5) is 26.2. The summed E-state index contributed by atoms with van der Waals surface area (Å²) >= 11 is 5.96. The van der Waals surface area contributed by atoms with Crippen LogP contribution < -0.4 is 15.4 Å². The minimum Gasteiger partial charge on any atom is -0.494 e. The normalized spacial score (nSPS) is 25.7. The van der Waals surface area contributed by atoms with E-state index in [-0.39, 0.29) is 34.9 Å². The summed E-state index contributed by atoms with van der Waals surface area (Å²) in [5, 5.41) is 14.7. The van der Waals surface area contributed by atoms with Gasteiger partial charge in [-0.2, -0.15) is 0 Å². The molecule has 3 N–H and O–H groups in total. The van der Waals surface area contributed by atoms with Crippen LogP contribution in [0.25, 0.3) is 0 Å². The van der Waals surface area contributed by atoms with E-state index in [9.17, 15) is 19.1 Å². The molecule has 2 atom stereocenters. The molecular weight excluding hydrogens is 389 g/mol. The van der Waals surface area contributed by atoms with E-state index in [0.717, 1.165) is 18.4 Å². The Kier molecular flexibility index (Phi) is 6.12. The monoisotopic (exact) mass is 413 g/mol. The second-order valence-electron chi connectivity index (χ2n) is 7.53. The number of carbonyl (C=O) groups is 2. The van der Waals surface area contributed by atoms with Crippen molar-refractivity contribution in [1.29, 1.82) is 0 Å². The first kappa shape index (κ1) is 20.8. The SMILES string of the molecule is COc1cc(C2CCN(C(=O)CCC3(C)NC(O)NC3=O)CC2)cc(Cl)c1F. The van der Waals surface area contributed by atoms with Crippen LogP contribution in [0.5, 0.6) is 5.75 Å². The van der Waals surface area contributed by atoms with Crippen molar-refractivity contribution in [1.82, 2.24) is 15.5 Å². The summed E-state index contributed by atoms with van der Waals surface area (Å²) in [6, 6.07) is 3.29. The average Bonchev–Trinajstić information content (AvgIpc) is 2.94. The number of halogens is 2. The van der Waals surface area contributed by atoms with Crippen LogP contribution in [0.3, 0.4) is 0 Å². The molecule has 7 nitrogen and oxygen atoms in total. The summed E-state index contributed by atoms with van der Waals surface area (Å²) < 4.78 is 18.9. The van der Waals surface area contributed by atoms with Gasteiger partial charge in [-0.25, -0.2) is 4.39 Å². The Morgan fingerprint density at radius 2 is 2.11 bits per heavy atom. The molecule has 0 spiro atoms. The van der Waals surface area contributed by atoms with Crippen molar-refractivity contribution in [2.75, 3.05) is 20.2 Å². The zero-order chi connectivity index (χ0) is 20.5. The first-order valence-corrected chi connectivity index (χ1v) is 9.69. The number of aliphatic hydroxyl groups is 1. The largest absolute Gasteiger partial charge is 0.494 e. The van der Waals surface area contributed by atoms with Gasteiger partial charge in [0.1, 0.15) is 0 Å². The van der Waals surface area contributed by atoms with E-state index in [2.05, 4.69) is 10.6 Å². The Balaban J connectivity index is 1.55. The third kappa shape index (κ3) is 4.24. The number of amides is 2. The van der Waals surface area contributed by atoms with Crippen LogP contribution >= 0.6 is 11.6 Å². The first-order chi connectivity index (χ1) is 13.2. The van der Waals surface area contributed by atoms with Crippen molar-refractivity contribution < 1.29 is 23.8 Å². The molecule has 2 heterocycles. The quantitative estimate of drug-likeness (QED) is 0.684. The van der Waals surface area contributed by atoms with Crippen LogP contribution in [0.2, 0.25) is 5.02 Å². The molecule has 0 aromatic heterocycles. The maximum Gasteiger partial charge on any atom is 0.243 e. The van der Waals surface area contributed by atoms with Crippen molar-refractivity contribution in [2.24, 2.45) is 0 Å². The first-order valence-electron chi connectivity index (χ1n) is 9.31. The lowest BCUT2D eigenvalue weighted by Crippen LogP contribution is -2.46. The van der Waals surface area contributed by atoms with Crippen molar-refractivity contribution in [3.8, 4) is 5.75 Å². The highest BCUT2D eigenvalue weighted by Gasteiger charge is 2.42.